The van der Waals surface area contributed by atoms with E-state index in [-0.39, 0.29) is 17.7 Å². The predicted molar refractivity (Wildman–Crippen MR) is 72.8 cm³/mol. The number of benzene rings is 1. The van der Waals surface area contributed by atoms with Crippen LogP contribution in [0.4, 0.5) is 19.0 Å². The average molecular weight is 301 g/mol. The monoisotopic (exact) mass is 300 g/mol. The van der Waals surface area contributed by atoms with Crippen molar-refractivity contribution in [1.82, 2.24) is 4.98 Å². The molecule has 1 aromatic heterocycles. The fourth-order valence-corrected chi connectivity index (χ4v) is 2.02. The Kier molecular flexibility index (Phi) is 4.49. The molecular weight excluding hydrogens is 289 g/mol. The van der Waals surface area contributed by atoms with Crippen LogP contribution in [0.5, 0.6) is 0 Å². The average Bonchev–Trinajstić information content (AvgIpc) is 2.45. The highest BCUT2D eigenvalue weighted by molar-refractivity contribution is 6.18. The standard InChI is InChI=1S/C14H12ClF3N2/c15-9-12(10-4-2-1-3-5-10)20-13-8-11(6-7-19-13)14(16,17)18/h1-8,12H,9H2,(H,19,20). The van der Waals surface area contributed by atoms with E-state index in [2.05, 4.69) is 10.3 Å². The Morgan fingerprint density at radius 2 is 1.85 bits per heavy atom. The molecule has 0 bridgehead atoms. The van der Waals surface area contributed by atoms with Gasteiger partial charge in [0.15, 0.2) is 0 Å². The van der Waals surface area contributed by atoms with E-state index in [1.54, 1.807) is 0 Å². The lowest BCUT2D eigenvalue weighted by atomic mass is 10.1. The summed E-state index contributed by atoms with van der Waals surface area (Å²) < 4.78 is 37.9. The normalized spacial score (nSPS) is 13.0. The molecule has 0 fully saturated rings. The molecule has 0 aliphatic rings. The molecule has 0 aliphatic heterocycles. The van der Waals surface area contributed by atoms with Gasteiger partial charge in [0.05, 0.1) is 11.6 Å². The first-order chi connectivity index (χ1) is 9.50. The first kappa shape index (κ1) is 14.7. The first-order valence-corrected chi connectivity index (χ1v) is 6.45. The van der Waals surface area contributed by atoms with Crippen molar-refractivity contribution < 1.29 is 13.2 Å². The van der Waals surface area contributed by atoms with Crippen molar-refractivity contribution in [3.8, 4) is 0 Å². The van der Waals surface area contributed by atoms with Gasteiger partial charge in [0, 0.05) is 12.1 Å². The molecule has 1 heterocycles. The molecule has 20 heavy (non-hydrogen) atoms. The maximum absolute atomic E-state index is 12.6. The third kappa shape index (κ3) is 3.63. The SMILES string of the molecule is FC(F)(F)c1ccnc(NC(CCl)c2ccccc2)c1. The molecule has 6 heteroatoms. The molecule has 1 atom stereocenters. The highest BCUT2D eigenvalue weighted by Crippen LogP contribution is 2.30. The molecule has 0 saturated carbocycles. The van der Waals surface area contributed by atoms with Crippen LogP contribution >= 0.6 is 11.6 Å². The Morgan fingerprint density at radius 1 is 1.15 bits per heavy atom. The van der Waals surface area contributed by atoms with Crippen molar-refractivity contribution >= 4 is 17.4 Å². The molecule has 2 nitrogen and oxygen atoms in total. The van der Waals surface area contributed by atoms with E-state index in [1.165, 1.54) is 0 Å². The number of hydrogen-bond donors (Lipinski definition) is 1. The van der Waals surface area contributed by atoms with Crippen molar-refractivity contribution in [2.24, 2.45) is 0 Å². The molecule has 106 valence electrons. The topological polar surface area (TPSA) is 24.9 Å². The summed E-state index contributed by atoms with van der Waals surface area (Å²) >= 11 is 5.87. The molecule has 1 aromatic carbocycles. The minimum Gasteiger partial charge on any atom is -0.362 e. The second kappa shape index (κ2) is 6.13. The number of halogens is 4. The van der Waals surface area contributed by atoms with Gasteiger partial charge in [0.1, 0.15) is 5.82 Å². The molecular formula is C14H12ClF3N2. The quantitative estimate of drug-likeness (QED) is 0.841. The van der Waals surface area contributed by atoms with Gasteiger partial charge in [-0.3, -0.25) is 0 Å². The van der Waals surface area contributed by atoms with Crippen molar-refractivity contribution in [1.29, 1.82) is 0 Å². The number of aromatic nitrogens is 1. The van der Waals surface area contributed by atoms with Gasteiger partial charge in [0.2, 0.25) is 0 Å². The highest BCUT2D eigenvalue weighted by atomic mass is 35.5. The van der Waals surface area contributed by atoms with Crippen molar-refractivity contribution in [2.75, 3.05) is 11.2 Å². The van der Waals surface area contributed by atoms with E-state index >= 15 is 0 Å². The fraction of sp³-hybridized carbons (Fsp3) is 0.214. The summed E-state index contributed by atoms with van der Waals surface area (Å²) in [5.41, 5.74) is 0.151. The second-order valence-electron chi connectivity index (χ2n) is 4.19. The Bertz CT molecular complexity index is 558. The van der Waals surface area contributed by atoms with Crippen LogP contribution in [0.25, 0.3) is 0 Å². The predicted octanol–water partition coefficient (Wildman–Crippen LogP) is 4.49. The first-order valence-electron chi connectivity index (χ1n) is 5.91. The van der Waals surface area contributed by atoms with E-state index in [9.17, 15) is 13.2 Å². The van der Waals surface area contributed by atoms with Crippen LogP contribution in [0, 0.1) is 0 Å². The second-order valence-corrected chi connectivity index (χ2v) is 4.50. The van der Waals surface area contributed by atoms with Gasteiger partial charge < -0.3 is 5.32 Å². The minimum absolute atomic E-state index is 0.148. The molecule has 0 saturated heterocycles. The third-order valence-corrected chi connectivity index (χ3v) is 3.07. The van der Waals surface area contributed by atoms with Crippen molar-refractivity contribution in [2.45, 2.75) is 12.2 Å². The van der Waals surface area contributed by atoms with Crippen LogP contribution in [-0.4, -0.2) is 10.9 Å². The molecule has 1 unspecified atom stereocenters. The third-order valence-electron chi connectivity index (χ3n) is 2.77. The number of anilines is 1. The van der Waals surface area contributed by atoms with E-state index < -0.39 is 11.7 Å². The van der Waals surface area contributed by atoms with Crippen LogP contribution in [-0.2, 0) is 6.18 Å². The zero-order valence-electron chi connectivity index (χ0n) is 10.4. The van der Waals surface area contributed by atoms with Gasteiger partial charge in [-0.05, 0) is 17.7 Å². The molecule has 0 amide bonds. The lowest BCUT2D eigenvalue weighted by Crippen LogP contribution is -2.14. The molecule has 1 N–H and O–H groups in total. The van der Waals surface area contributed by atoms with Gasteiger partial charge >= 0.3 is 6.18 Å². The van der Waals surface area contributed by atoms with Crippen LogP contribution in [0.2, 0.25) is 0 Å². The largest absolute Gasteiger partial charge is 0.416 e. The Balaban J connectivity index is 2.20. The minimum atomic E-state index is -4.39. The van der Waals surface area contributed by atoms with Crippen LogP contribution in [0.3, 0.4) is 0 Å². The van der Waals surface area contributed by atoms with E-state index in [1.807, 2.05) is 30.3 Å². The van der Waals surface area contributed by atoms with E-state index in [0.29, 0.717) is 0 Å². The lowest BCUT2D eigenvalue weighted by molar-refractivity contribution is -0.137. The lowest BCUT2D eigenvalue weighted by Gasteiger charge is -2.18. The summed E-state index contributed by atoms with van der Waals surface area (Å²) in [5.74, 6) is 0.372. The van der Waals surface area contributed by atoms with Crippen LogP contribution in [0.15, 0.2) is 48.7 Å². The maximum atomic E-state index is 12.6. The van der Waals surface area contributed by atoms with Gasteiger partial charge in [-0.2, -0.15) is 13.2 Å². The van der Waals surface area contributed by atoms with E-state index in [0.717, 1.165) is 23.9 Å². The van der Waals surface area contributed by atoms with Gasteiger partial charge in [0.25, 0.3) is 0 Å². The van der Waals surface area contributed by atoms with Crippen molar-refractivity contribution in [3.63, 3.8) is 0 Å². The maximum Gasteiger partial charge on any atom is 0.416 e. The molecule has 2 rings (SSSR count). The Morgan fingerprint density at radius 3 is 2.45 bits per heavy atom. The van der Waals surface area contributed by atoms with Crippen LogP contribution in [0.1, 0.15) is 17.2 Å². The number of alkyl halides is 4. The van der Waals surface area contributed by atoms with Gasteiger partial charge in [-0.25, -0.2) is 4.98 Å². The zero-order chi connectivity index (χ0) is 14.6. The van der Waals surface area contributed by atoms with E-state index in [4.69, 9.17) is 11.6 Å². The number of pyridine rings is 1. The van der Waals surface area contributed by atoms with Crippen molar-refractivity contribution in [3.05, 3.63) is 59.8 Å². The summed E-state index contributed by atoms with van der Waals surface area (Å²) in [4.78, 5) is 3.90. The summed E-state index contributed by atoms with van der Waals surface area (Å²) in [6.45, 7) is 0. The number of hydrogen-bond acceptors (Lipinski definition) is 2. The van der Waals surface area contributed by atoms with Gasteiger partial charge in [-0.15, -0.1) is 11.6 Å². The summed E-state index contributed by atoms with van der Waals surface area (Å²) in [7, 11) is 0. The molecule has 0 aliphatic carbocycles. The smallest absolute Gasteiger partial charge is 0.362 e. The Labute approximate surface area is 119 Å². The van der Waals surface area contributed by atoms with Gasteiger partial charge in [-0.1, -0.05) is 30.3 Å². The molecule has 2 aromatic rings. The Hall–Kier alpha value is -1.75. The zero-order valence-corrected chi connectivity index (χ0v) is 11.1. The summed E-state index contributed by atoms with van der Waals surface area (Å²) in [6, 6.07) is 10.9. The molecule has 0 radical (unpaired) electrons. The fourth-order valence-electron chi connectivity index (χ4n) is 1.76. The molecule has 0 spiro atoms. The van der Waals surface area contributed by atoms with Crippen LogP contribution < -0.4 is 5.32 Å². The number of rotatable bonds is 4. The highest BCUT2D eigenvalue weighted by Gasteiger charge is 2.30. The number of nitrogens with zero attached hydrogens (tertiary/aromatic N) is 1. The summed E-state index contributed by atoms with van der Waals surface area (Å²) in [5, 5.41) is 2.91. The number of nitrogens with one attached hydrogen (secondary N) is 1. The summed E-state index contributed by atoms with van der Waals surface area (Å²) in [6.07, 6.45) is -3.26.